The second kappa shape index (κ2) is 13.1. The molecule has 3 aromatic rings. The van der Waals surface area contributed by atoms with Gasteiger partial charge in [-0.2, -0.15) is 18.2 Å². The van der Waals surface area contributed by atoms with Crippen LogP contribution in [0.15, 0.2) is 40.5 Å². The van der Waals surface area contributed by atoms with Gasteiger partial charge in [-0.15, -0.1) is 11.8 Å². The Morgan fingerprint density at radius 2 is 1.83 bits per heavy atom. The lowest BCUT2D eigenvalue weighted by atomic mass is 9.95. The minimum atomic E-state index is -4.99. The third-order valence-electron chi connectivity index (χ3n) is 8.12. The standard InChI is InChI=1S/C31H33ClF5N5O3S/c1-6-25(43)42-16(2)12-40(13-17(42)3)29-20-9-21(31(35,36)37)26(19-10-22(32)24(34)11-23(19)33)28-27(20)41(30(44)38-29)14-18(15-46-28)45-8-7-39(4)5/h6,9-11,16-18H,1,7-8,12-15H2,2-5H3/t16-,17+,18-/m0/s1. The van der Waals surface area contributed by atoms with E-state index >= 15 is 4.39 Å². The first-order valence-electron chi connectivity index (χ1n) is 14.5. The largest absolute Gasteiger partial charge is 0.417 e. The van der Waals surface area contributed by atoms with E-state index in [1.165, 1.54) is 10.6 Å². The van der Waals surface area contributed by atoms with Gasteiger partial charge >= 0.3 is 11.9 Å². The summed E-state index contributed by atoms with van der Waals surface area (Å²) in [6.45, 7) is 8.35. The molecule has 8 nitrogen and oxygen atoms in total. The van der Waals surface area contributed by atoms with Crippen molar-refractivity contribution in [3.8, 4) is 11.1 Å². The van der Waals surface area contributed by atoms with Crippen molar-refractivity contribution in [3.05, 3.63) is 63.6 Å². The van der Waals surface area contributed by atoms with Gasteiger partial charge in [-0.1, -0.05) is 18.2 Å². The number of thioether (sulfide) groups is 1. The molecule has 0 radical (unpaired) electrons. The molecule has 5 rings (SSSR count). The van der Waals surface area contributed by atoms with Crippen molar-refractivity contribution in [1.29, 1.82) is 0 Å². The zero-order valence-electron chi connectivity index (χ0n) is 25.6. The van der Waals surface area contributed by atoms with Crippen LogP contribution in [-0.4, -0.2) is 89.5 Å². The summed E-state index contributed by atoms with van der Waals surface area (Å²) in [6, 6.07) is 1.38. The van der Waals surface area contributed by atoms with E-state index in [0.29, 0.717) is 19.2 Å². The molecule has 46 heavy (non-hydrogen) atoms. The number of benzene rings is 2. The lowest BCUT2D eigenvalue weighted by Crippen LogP contribution is -2.58. The van der Waals surface area contributed by atoms with Crippen molar-refractivity contribution in [3.63, 3.8) is 0 Å². The second-order valence-corrected chi connectivity index (χ2v) is 13.2. The molecule has 0 saturated carbocycles. The number of halogens is 6. The molecule has 3 heterocycles. The Morgan fingerprint density at radius 1 is 1.15 bits per heavy atom. The van der Waals surface area contributed by atoms with Gasteiger partial charge in [-0.3, -0.25) is 9.36 Å². The highest BCUT2D eigenvalue weighted by Gasteiger charge is 2.40. The number of piperazine rings is 1. The van der Waals surface area contributed by atoms with Crippen molar-refractivity contribution in [2.24, 2.45) is 0 Å². The van der Waals surface area contributed by atoms with E-state index in [9.17, 15) is 27.2 Å². The number of alkyl halides is 3. The molecule has 0 bridgehead atoms. The van der Waals surface area contributed by atoms with Gasteiger partial charge in [0.1, 0.15) is 17.5 Å². The Kier molecular flexibility index (Phi) is 9.74. The number of nitrogens with zero attached hydrogens (tertiary/aromatic N) is 5. The molecule has 3 atom stereocenters. The molecule has 0 aliphatic carbocycles. The normalized spacial score (nSPS) is 20.4. The Bertz CT molecular complexity index is 1740. The van der Waals surface area contributed by atoms with Crippen LogP contribution in [0.3, 0.4) is 0 Å². The van der Waals surface area contributed by atoms with E-state index in [1.54, 1.807) is 23.6 Å². The molecule has 0 N–H and O–H groups in total. The number of amides is 1. The molecule has 2 aliphatic heterocycles. The number of hydrogen-bond donors (Lipinski definition) is 0. The topological polar surface area (TPSA) is 70.9 Å². The molecule has 0 spiro atoms. The van der Waals surface area contributed by atoms with Crippen LogP contribution >= 0.6 is 23.4 Å². The molecule has 2 aliphatic rings. The van der Waals surface area contributed by atoms with Crippen molar-refractivity contribution in [1.82, 2.24) is 19.4 Å². The molecule has 15 heteroatoms. The zero-order valence-corrected chi connectivity index (χ0v) is 27.2. The van der Waals surface area contributed by atoms with Gasteiger partial charge in [0.05, 0.1) is 35.4 Å². The number of carbonyl (C=O) groups excluding carboxylic acids is 1. The van der Waals surface area contributed by atoms with E-state index in [1.807, 2.05) is 19.0 Å². The lowest BCUT2D eigenvalue weighted by molar-refractivity contribution is -0.137. The molecule has 1 aromatic heterocycles. The average Bonchev–Trinajstić information content (AvgIpc) is 3.16. The highest BCUT2D eigenvalue weighted by molar-refractivity contribution is 7.99. The van der Waals surface area contributed by atoms with Crippen molar-refractivity contribution < 1.29 is 31.5 Å². The fraction of sp³-hybridized carbons (Fsp3) is 0.452. The molecule has 248 valence electrons. The fourth-order valence-electron chi connectivity index (χ4n) is 6.12. The lowest BCUT2D eigenvalue weighted by Gasteiger charge is -2.44. The number of hydrogen-bond acceptors (Lipinski definition) is 7. The molecule has 2 aromatic carbocycles. The predicted molar refractivity (Wildman–Crippen MR) is 169 cm³/mol. The average molecular weight is 686 g/mol. The van der Waals surface area contributed by atoms with Crippen LogP contribution in [0, 0.1) is 11.6 Å². The maximum atomic E-state index is 15.4. The van der Waals surface area contributed by atoms with Gasteiger partial charge in [-0.05, 0) is 46.2 Å². The Balaban J connectivity index is 1.79. The minimum Gasteiger partial charge on any atom is -0.374 e. The summed E-state index contributed by atoms with van der Waals surface area (Å²) in [5.74, 6) is -2.49. The first-order valence-corrected chi connectivity index (χ1v) is 15.9. The van der Waals surface area contributed by atoms with Crippen molar-refractivity contribution in [2.75, 3.05) is 51.0 Å². The summed E-state index contributed by atoms with van der Waals surface area (Å²) in [5, 5.41) is -0.522. The van der Waals surface area contributed by atoms with Crippen LogP contribution in [0.5, 0.6) is 0 Å². The number of carbonyl (C=O) groups is 1. The Labute approximate surface area is 271 Å². The van der Waals surface area contributed by atoms with Gasteiger partial charge in [0.15, 0.2) is 0 Å². The quantitative estimate of drug-likeness (QED) is 0.180. The fourth-order valence-corrected chi connectivity index (χ4v) is 7.56. The van der Waals surface area contributed by atoms with Crippen molar-refractivity contribution >= 4 is 46.0 Å². The minimum absolute atomic E-state index is 0.0120. The molecule has 1 amide bonds. The first-order chi connectivity index (χ1) is 21.6. The van der Waals surface area contributed by atoms with Crippen LogP contribution in [0.25, 0.3) is 22.0 Å². The second-order valence-electron chi connectivity index (χ2n) is 11.8. The highest BCUT2D eigenvalue weighted by atomic mass is 35.5. The smallest absolute Gasteiger partial charge is 0.374 e. The van der Waals surface area contributed by atoms with Crippen LogP contribution in [0.4, 0.5) is 27.8 Å². The summed E-state index contributed by atoms with van der Waals surface area (Å²) in [6.07, 6.45) is -4.38. The molecular formula is C31H33ClF5N5O3S. The van der Waals surface area contributed by atoms with Crippen LogP contribution in [-0.2, 0) is 22.3 Å². The predicted octanol–water partition coefficient (Wildman–Crippen LogP) is 5.68. The Hall–Kier alpha value is -3.20. The summed E-state index contributed by atoms with van der Waals surface area (Å²) in [4.78, 5) is 35.8. The molecule has 1 fully saturated rings. The summed E-state index contributed by atoms with van der Waals surface area (Å²) < 4.78 is 81.7. The van der Waals surface area contributed by atoms with E-state index < -0.39 is 51.3 Å². The van der Waals surface area contributed by atoms with Gasteiger partial charge in [0, 0.05) is 64.9 Å². The number of anilines is 1. The molecular weight excluding hydrogens is 653 g/mol. The highest BCUT2D eigenvalue weighted by Crippen LogP contribution is 2.49. The van der Waals surface area contributed by atoms with E-state index in [-0.39, 0.29) is 65.0 Å². The maximum Gasteiger partial charge on any atom is 0.417 e. The molecule has 0 unspecified atom stereocenters. The molecule has 1 saturated heterocycles. The van der Waals surface area contributed by atoms with Gasteiger partial charge < -0.3 is 19.4 Å². The number of aromatic nitrogens is 2. The van der Waals surface area contributed by atoms with E-state index in [0.717, 1.165) is 23.9 Å². The van der Waals surface area contributed by atoms with Crippen LogP contribution in [0.1, 0.15) is 19.4 Å². The monoisotopic (exact) mass is 685 g/mol. The van der Waals surface area contributed by atoms with Gasteiger partial charge in [0.2, 0.25) is 5.91 Å². The van der Waals surface area contributed by atoms with Crippen molar-refractivity contribution in [2.45, 2.75) is 49.7 Å². The third-order valence-corrected chi connectivity index (χ3v) is 9.64. The number of rotatable bonds is 7. The number of ether oxygens (including phenoxy) is 1. The summed E-state index contributed by atoms with van der Waals surface area (Å²) in [7, 11) is 3.72. The SMILES string of the molecule is C=CC(=O)N1[C@H](C)CN(c2nc(=O)n3c4c(c(-c5cc(Cl)c(F)cc5F)c(C(F)(F)F)cc24)SC[C@@H](OCCN(C)C)C3)C[C@@H]1C. The van der Waals surface area contributed by atoms with Gasteiger partial charge in [0.25, 0.3) is 0 Å². The van der Waals surface area contributed by atoms with Crippen LogP contribution in [0.2, 0.25) is 5.02 Å². The van der Waals surface area contributed by atoms with Crippen LogP contribution < -0.4 is 10.6 Å². The Morgan fingerprint density at radius 3 is 2.43 bits per heavy atom. The third kappa shape index (κ3) is 6.49. The summed E-state index contributed by atoms with van der Waals surface area (Å²) >= 11 is 6.96. The maximum absolute atomic E-state index is 15.4. The zero-order chi connectivity index (χ0) is 33.7. The first kappa shape index (κ1) is 34.1. The van der Waals surface area contributed by atoms with E-state index in [2.05, 4.69) is 11.6 Å². The summed E-state index contributed by atoms with van der Waals surface area (Å²) in [5.41, 5.74) is -2.88. The number of likely N-dealkylation sites (N-methyl/N-ethyl adjacent to an activating group) is 1. The van der Waals surface area contributed by atoms with E-state index in [4.69, 9.17) is 16.3 Å². The van der Waals surface area contributed by atoms with Gasteiger partial charge in [-0.25, -0.2) is 13.6 Å².